The van der Waals surface area contributed by atoms with Gasteiger partial charge >= 0.3 is 5.97 Å². The monoisotopic (exact) mass is 515 g/mol. The van der Waals surface area contributed by atoms with Crippen LogP contribution in [0.2, 0.25) is 5.02 Å². The van der Waals surface area contributed by atoms with Crippen LogP contribution in [0.15, 0.2) is 59.5 Å². The summed E-state index contributed by atoms with van der Waals surface area (Å²) in [6.45, 7) is 9.69. The first kappa shape index (κ1) is 26.6. The van der Waals surface area contributed by atoms with Crippen molar-refractivity contribution in [3.05, 3.63) is 81.9 Å². The first-order chi connectivity index (χ1) is 16.4. The van der Waals surface area contributed by atoms with E-state index in [2.05, 4.69) is 0 Å². The molecule has 3 aromatic carbocycles. The largest absolute Gasteiger partial charge is 0.465 e. The van der Waals surface area contributed by atoms with Crippen LogP contribution in [0.25, 0.3) is 0 Å². The molecule has 0 aliphatic heterocycles. The number of carbonyl (C=O) groups excluding carboxylic acids is 1. The summed E-state index contributed by atoms with van der Waals surface area (Å²) in [7, 11) is -2.61. The second-order valence-electron chi connectivity index (χ2n) is 8.87. The molecule has 0 aromatic heterocycles. The molecule has 0 fully saturated rings. The van der Waals surface area contributed by atoms with Crippen molar-refractivity contribution in [3.8, 4) is 11.5 Å². The number of halogens is 1. The zero-order valence-electron chi connectivity index (χ0n) is 20.8. The summed E-state index contributed by atoms with van der Waals surface area (Å²) in [5, 5.41) is 0.690. The molecule has 0 saturated heterocycles. The fourth-order valence-corrected chi connectivity index (χ4v) is 5.41. The van der Waals surface area contributed by atoms with E-state index in [4.69, 9.17) is 21.1 Å². The highest BCUT2D eigenvalue weighted by molar-refractivity contribution is 7.92. The molecule has 35 heavy (non-hydrogen) atoms. The molecule has 0 unspecified atom stereocenters. The lowest BCUT2D eigenvalue weighted by Crippen LogP contribution is -2.34. The Morgan fingerprint density at radius 3 is 2.06 bits per heavy atom. The van der Waals surface area contributed by atoms with Crippen molar-refractivity contribution >= 4 is 33.3 Å². The number of methoxy groups -OCH3 is 1. The molecule has 0 saturated carbocycles. The third-order valence-corrected chi connectivity index (χ3v) is 7.91. The average molecular weight is 516 g/mol. The minimum Gasteiger partial charge on any atom is -0.465 e. The van der Waals surface area contributed by atoms with Gasteiger partial charge in [0.15, 0.2) is 0 Å². The summed E-state index contributed by atoms with van der Waals surface area (Å²) >= 11 is 6.23. The quantitative estimate of drug-likeness (QED) is 0.312. The van der Waals surface area contributed by atoms with E-state index in [0.717, 1.165) is 11.1 Å². The van der Waals surface area contributed by atoms with E-state index in [0.29, 0.717) is 33.3 Å². The molecule has 0 spiro atoms. The van der Waals surface area contributed by atoms with Gasteiger partial charge in [0.1, 0.15) is 11.5 Å². The van der Waals surface area contributed by atoms with Crippen LogP contribution in [-0.2, 0) is 14.8 Å². The number of anilines is 1. The zero-order chi connectivity index (χ0) is 25.9. The van der Waals surface area contributed by atoms with Crippen molar-refractivity contribution in [2.24, 2.45) is 5.92 Å². The number of benzene rings is 3. The molecule has 186 valence electrons. The fourth-order valence-electron chi connectivity index (χ4n) is 3.68. The summed E-state index contributed by atoms with van der Waals surface area (Å²) in [6.07, 6.45) is 0. The number of hydrogen-bond donors (Lipinski definition) is 0. The van der Waals surface area contributed by atoms with Crippen molar-refractivity contribution in [3.63, 3.8) is 0 Å². The summed E-state index contributed by atoms with van der Waals surface area (Å²) in [5.74, 6) is 0.660. The Morgan fingerprint density at radius 2 is 1.51 bits per heavy atom. The third-order valence-electron chi connectivity index (χ3n) is 5.50. The minimum atomic E-state index is -3.91. The fraction of sp³-hybridized carbons (Fsp3) is 0.296. The molecule has 0 aliphatic carbocycles. The van der Waals surface area contributed by atoms with Gasteiger partial charge < -0.3 is 9.47 Å². The highest BCUT2D eigenvalue weighted by atomic mass is 35.5. The topological polar surface area (TPSA) is 72.9 Å². The first-order valence-corrected chi connectivity index (χ1v) is 13.0. The number of ether oxygens (including phenoxy) is 2. The lowest BCUT2D eigenvalue weighted by Gasteiger charge is -2.27. The second kappa shape index (κ2) is 10.7. The Morgan fingerprint density at radius 1 is 0.914 bits per heavy atom. The summed E-state index contributed by atoms with van der Waals surface area (Å²) in [5.41, 5.74) is 3.23. The number of sulfonamides is 1. The molecule has 0 aliphatic rings. The third kappa shape index (κ3) is 5.97. The summed E-state index contributed by atoms with van der Waals surface area (Å²) in [4.78, 5) is 12.3. The van der Waals surface area contributed by atoms with Crippen molar-refractivity contribution in [2.75, 3.05) is 18.0 Å². The van der Waals surface area contributed by atoms with Gasteiger partial charge in [-0.2, -0.15) is 0 Å². The molecular weight excluding hydrogens is 486 g/mol. The molecule has 8 heteroatoms. The van der Waals surface area contributed by atoms with Crippen LogP contribution in [0.5, 0.6) is 11.5 Å². The normalized spacial score (nSPS) is 11.4. The van der Waals surface area contributed by atoms with Gasteiger partial charge in [0.25, 0.3) is 10.0 Å². The van der Waals surface area contributed by atoms with Crippen LogP contribution < -0.4 is 9.04 Å². The Kier molecular flexibility index (Phi) is 8.13. The lowest BCUT2D eigenvalue weighted by molar-refractivity contribution is 0.0600. The molecule has 3 aromatic rings. The number of aryl methyl sites for hydroxylation is 3. The molecule has 0 N–H and O–H groups in total. The maximum Gasteiger partial charge on any atom is 0.338 e. The van der Waals surface area contributed by atoms with Crippen LogP contribution in [0.1, 0.15) is 40.9 Å². The van der Waals surface area contributed by atoms with Crippen molar-refractivity contribution in [1.82, 2.24) is 0 Å². The minimum absolute atomic E-state index is 0.0478. The van der Waals surface area contributed by atoms with E-state index in [1.54, 1.807) is 37.3 Å². The molecule has 0 atom stereocenters. The Balaban J connectivity index is 1.95. The van der Waals surface area contributed by atoms with Gasteiger partial charge in [-0.05, 0) is 91.9 Å². The van der Waals surface area contributed by atoms with Gasteiger partial charge in [-0.3, -0.25) is 4.31 Å². The molecule has 3 rings (SSSR count). The van der Waals surface area contributed by atoms with Crippen LogP contribution in [0.3, 0.4) is 0 Å². The summed E-state index contributed by atoms with van der Waals surface area (Å²) in [6, 6.07) is 14.9. The zero-order valence-corrected chi connectivity index (χ0v) is 22.3. The molecule has 0 amide bonds. The molecule has 0 heterocycles. The lowest BCUT2D eigenvalue weighted by atomic mass is 10.1. The highest BCUT2D eigenvalue weighted by Gasteiger charge is 2.27. The predicted molar refractivity (Wildman–Crippen MR) is 139 cm³/mol. The van der Waals surface area contributed by atoms with Gasteiger partial charge in [-0.15, -0.1) is 0 Å². The smallest absolute Gasteiger partial charge is 0.338 e. The standard InChI is InChI=1S/C27H30ClNO5S/c1-17(2)16-29(21-8-7-18(3)25(15-21)27(30)33-6)35(31,32)24-11-9-22(10-12-24)34-23-13-19(4)26(28)20(5)14-23/h7-15,17H,16H2,1-6H3. The van der Waals surface area contributed by atoms with Gasteiger partial charge in [-0.25, -0.2) is 13.2 Å². The van der Waals surface area contributed by atoms with Gasteiger partial charge in [0.2, 0.25) is 0 Å². The Hall–Kier alpha value is -3.03. The van der Waals surface area contributed by atoms with E-state index < -0.39 is 16.0 Å². The van der Waals surface area contributed by atoms with Crippen LogP contribution in [-0.4, -0.2) is 28.0 Å². The van der Waals surface area contributed by atoms with Crippen molar-refractivity contribution < 1.29 is 22.7 Å². The highest BCUT2D eigenvalue weighted by Crippen LogP contribution is 2.31. The van der Waals surface area contributed by atoms with Crippen molar-refractivity contribution in [1.29, 1.82) is 0 Å². The first-order valence-electron chi connectivity index (χ1n) is 11.2. The average Bonchev–Trinajstić information content (AvgIpc) is 2.81. The molecular formula is C27H30ClNO5S. The van der Waals surface area contributed by atoms with Gasteiger partial charge in [0.05, 0.1) is 23.3 Å². The van der Waals surface area contributed by atoms with Crippen LogP contribution in [0, 0.1) is 26.7 Å². The number of nitrogens with zero attached hydrogens (tertiary/aromatic N) is 1. The Labute approximate surface area is 212 Å². The Bertz CT molecular complexity index is 1310. The predicted octanol–water partition coefficient (Wildman–Crippen LogP) is 6.70. The summed E-state index contributed by atoms with van der Waals surface area (Å²) < 4.78 is 39.4. The molecule has 6 nitrogen and oxygen atoms in total. The number of rotatable bonds is 8. The van der Waals surface area contributed by atoms with Crippen molar-refractivity contribution in [2.45, 2.75) is 39.5 Å². The molecule has 0 bridgehead atoms. The van der Waals surface area contributed by atoms with E-state index in [1.165, 1.54) is 23.5 Å². The SMILES string of the molecule is COC(=O)c1cc(N(CC(C)C)S(=O)(=O)c2ccc(Oc3cc(C)c(Cl)c(C)c3)cc2)ccc1C. The number of hydrogen-bond acceptors (Lipinski definition) is 5. The maximum absolute atomic E-state index is 13.7. The van der Waals surface area contributed by atoms with Crippen LogP contribution >= 0.6 is 11.6 Å². The molecule has 0 radical (unpaired) electrons. The van der Waals surface area contributed by atoms with Gasteiger partial charge in [0, 0.05) is 11.6 Å². The van der Waals surface area contributed by atoms with E-state index in [1.807, 2.05) is 39.8 Å². The van der Waals surface area contributed by atoms with E-state index in [-0.39, 0.29) is 17.4 Å². The second-order valence-corrected chi connectivity index (χ2v) is 11.1. The maximum atomic E-state index is 13.7. The van der Waals surface area contributed by atoms with Gasteiger partial charge in [-0.1, -0.05) is 31.5 Å². The number of carbonyl (C=O) groups is 1. The van der Waals surface area contributed by atoms with E-state index >= 15 is 0 Å². The number of esters is 1. The van der Waals surface area contributed by atoms with E-state index in [9.17, 15) is 13.2 Å². The van der Waals surface area contributed by atoms with Crippen LogP contribution in [0.4, 0.5) is 5.69 Å².